The molecule has 3 aromatic carbocycles. The molecule has 1 aromatic heterocycles. The van der Waals surface area contributed by atoms with Crippen LogP contribution in [0.1, 0.15) is 11.1 Å². The number of ether oxygens (including phenoxy) is 1. The van der Waals surface area contributed by atoms with Crippen LogP contribution in [0.2, 0.25) is 10.0 Å². The highest BCUT2D eigenvalue weighted by Crippen LogP contribution is 2.29. The number of carbonyl (C=O) groups is 1. The lowest BCUT2D eigenvalue weighted by Crippen LogP contribution is -2.20. The van der Waals surface area contributed by atoms with Gasteiger partial charge in [0.25, 0.3) is 5.91 Å². The Balaban J connectivity index is 1.45. The van der Waals surface area contributed by atoms with E-state index < -0.39 is 0 Å². The third-order valence-electron chi connectivity index (χ3n) is 4.59. The summed E-state index contributed by atoms with van der Waals surface area (Å²) >= 11 is 12.2. The number of aromatic nitrogens is 1. The molecule has 0 unspecified atom stereocenters. The summed E-state index contributed by atoms with van der Waals surface area (Å²) in [5.41, 5.74) is 4.51. The summed E-state index contributed by atoms with van der Waals surface area (Å²) < 4.78 is 11.3. The van der Waals surface area contributed by atoms with Crippen molar-refractivity contribution in [2.45, 2.75) is 13.8 Å². The minimum Gasteiger partial charge on any atom is -0.484 e. The molecule has 1 N–H and O–H groups in total. The van der Waals surface area contributed by atoms with Gasteiger partial charge in [-0.1, -0.05) is 29.3 Å². The smallest absolute Gasteiger partial charge is 0.262 e. The van der Waals surface area contributed by atoms with Crippen molar-refractivity contribution in [3.05, 3.63) is 75.8 Å². The molecule has 152 valence electrons. The Morgan fingerprint density at radius 1 is 1.00 bits per heavy atom. The van der Waals surface area contributed by atoms with E-state index in [4.69, 9.17) is 32.4 Å². The molecule has 0 aliphatic rings. The molecule has 30 heavy (non-hydrogen) atoms. The minimum absolute atomic E-state index is 0.120. The molecular weight excluding hydrogens is 423 g/mol. The molecule has 7 heteroatoms. The number of aryl methyl sites for hydroxylation is 2. The first kappa shape index (κ1) is 20.3. The molecule has 0 aliphatic carbocycles. The summed E-state index contributed by atoms with van der Waals surface area (Å²) in [5.74, 6) is 0.771. The number of halogens is 2. The summed E-state index contributed by atoms with van der Waals surface area (Å²) in [7, 11) is 0. The Morgan fingerprint density at radius 2 is 1.83 bits per heavy atom. The molecule has 1 heterocycles. The zero-order chi connectivity index (χ0) is 21.3. The zero-order valence-electron chi connectivity index (χ0n) is 16.3. The summed E-state index contributed by atoms with van der Waals surface area (Å²) in [5, 5.41) is 4.11. The van der Waals surface area contributed by atoms with E-state index in [-0.39, 0.29) is 12.5 Å². The van der Waals surface area contributed by atoms with Crippen LogP contribution in [0.25, 0.3) is 22.6 Å². The minimum atomic E-state index is -0.281. The number of oxazole rings is 1. The number of nitrogens with one attached hydrogen (secondary N) is 1. The molecule has 0 fully saturated rings. The molecule has 0 bridgehead atoms. The summed E-state index contributed by atoms with van der Waals surface area (Å²) in [6.45, 7) is 3.69. The molecule has 0 saturated carbocycles. The van der Waals surface area contributed by atoms with E-state index in [0.29, 0.717) is 38.5 Å². The van der Waals surface area contributed by atoms with Gasteiger partial charge in [-0.2, -0.15) is 0 Å². The van der Waals surface area contributed by atoms with Crippen LogP contribution in [0.5, 0.6) is 5.75 Å². The van der Waals surface area contributed by atoms with E-state index in [1.165, 1.54) is 0 Å². The molecule has 0 radical (unpaired) electrons. The normalized spacial score (nSPS) is 10.9. The van der Waals surface area contributed by atoms with Crippen molar-refractivity contribution in [1.82, 2.24) is 4.98 Å². The number of rotatable bonds is 5. The summed E-state index contributed by atoms with van der Waals surface area (Å²) in [6, 6.07) is 16.2. The van der Waals surface area contributed by atoms with Gasteiger partial charge in [-0.3, -0.25) is 4.79 Å². The number of fused-ring (bicyclic) bond motifs is 1. The second-order valence-corrected chi connectivity index (χ2v) is 7.73. The second-order valence-electron chi connectivity index (χ2n) is 6.91. The third-order valence-corrected chi connectivity index (χ3v) is 5.42. The summed E-state index contributed by atoms with van der Waals surface area (Å²) in [6.07, 6.45) is 0. The molecule has 1 amide bonds. The number of hydrogen-bond donors (Lipinski definition) is 1. The van der Waals surface area contributed by atoms with E-state index in [9.17, 15) is 4.79 Å². The number of amides is 1. The van der Waals surface area contributed by atoms with Gasteiger partial charge in [-0.15, -0.1) is 0 Å². The average Bonchev–Trinajstić information content (AvgIpc) is 3.14. The highest BCUT2D eigenvalue weighted by molar-refractivity contribution is 6.31. The first-order valence-electron chi connectivity index (χ1n) is 9.25. The first-order valence-corrected chi connectivity index (χ1v) is 10.0. The molecule has 4 rings (SSSR count). The Hall–Kier alpha value is -3.02. The molecule has 0 saturated heterocycles. The number of anilines is 1. The van der Waals surface area contributed by atoms with E-state index in [0.717, 1.165) is 16.7 Å². The Bertz CT molecular complexity index is 1250. The van der Waals surface area contributed by atoms with Crippen molar-refractivity contribution >= 4 is 45.9 Å². The fourth-order valence-corrected chi connectivity index (χ4v) is 3.21. The number of carbonyl (C=O) groups excluding carboxylic acids is 1. The van der Waals surface area contributed by atoms with Crippen molar-refractivity contribution in [2.24, 2.45) is 0 Å². The van der Waals surface area contributed by atoms with Gasteiger partial charge in [-0.25, -0.2) is 4.98 Å². The lowest BCUT2D eigenvalue weighted by Gasteiger charge is -2.08. The first-order chi connectivity index (χ1) is 14.4. The average molecular weight is 441 g/mol. The van der Waals surface area contributed by atoms with Gasteiger partial charge in [0.05, 0.1) is 0 Å². The standard InChI is InChI=1S/C23H18Cl2N2O3/c1-13-3-4-15(10-19(13)25)23-27-20-11-16(5-8-21(20)30-23)26-22(28)12-29-17-6-7-18(24)14(2)9-17/h3-11H,12H2,1-2H3,(H,26,28). The number of hydrogen-bond acceptors (Lipinski definition) is 4. The molecular formula is C23H18Cl2N2O3. The van der Waals surface area contributed by atoms with Crippen molar-refractivity contribution in [1.29, 1.82) is 0 Å². The van der Waals surface area contributed by atoms with Crippen LogP contribution in [0, 0.1) is 13.8 Å². The van der Waals surface area contributed by atoms with Gasteiger partial charge in [-0.05, 0) is 73.5 Å². The zero-order valence-corrected chi connectivity index (χ0v) is 17.8. The van der Waals surface area contributed by atoms with E-state index in [2.05, 4.69) is 10.3 Å². The monoisotopic (exact) mass is 440 g/mol. The number of benzene rings is 3. The maximum atomic E-state index is 12.2. The molecule has 4 aromatic rings. The largest absolute Gasteiger partial charge is 0.484 e. The Labute approximate surface area is 183 Å². The lowest BCUT2D eigenvalue weighted by atomic mass is 10.1. The molecule has 0 spiro atoms. The van der Waals surface area contributed by atoms with Crippen LogP contribution in [0.15, 0.2) is 59.0 Å². The van der Waals surface area contributed by atoms with Crippen molar-refractivity contribution in [3.63, 3.8) is 0 Å². The topological polar surface area (TPSA) is 64.4 Å². The molecule has 0 atom stereocenters. The van der Waals surface area contributed by atoms with Gasteiger partial charge >= 0.3 is 0 Å². The number of nitrogens with zero attached hydrogens (tertiary/aromatic N) is 1. The van der Waals surface area contributed by atoms with Gasteiger partial charge in [0.1, 0.15) is 11.3 Å². The second kappa shape index (κ2) is 8.38. The summed E-state index contributed by atoms with van der Waals surface area (Å²) in [4.78, 5) is 16.8. The quantitative estimate of drug-likeness (QED) is 0.387. The maximum absolute atomic E-state index is 12.2. The molecule has 0 aliphatic heterocycles. The third kappa shape index (κ3) is 4.42. The highest BCUT2D eigenvalue weighted by Gasteiger charge is 2.11. The Morgan fingerprint density at radius 3 is 2.60 bits per heavy atom. The van der Waals surface area contributed by atoms with Crippen LogP contribution in [-0.2, 0) is 4.79 Å². The van der Waals surface area contributed by atoms with Crippen LogP contribution >= 0.6 is 23.2 Å². The van der Waals surface area contributed by atoms with Crippen molar-refractivity contribution in [2.75, 3.05) is 11.9 Å². The van der Waals surface area contributed by atoms with Gasteiger partial charge in [0.15, 0.2) is 12.2 Å². The maximum Gasteiger partial charge on any atom is 0.262 e. The predicted octanol–water partition coefficient (Wildman–Crippen LogP) is 6.44. The predicted molar refractivity (Wildman–Crippen MR) is 120 cm³/mol. The van der Waals surface area contributed by atoms with E-state index >= 15 is 0 Å². The lowest BCUT2D eigenvalue weighted by molar-refractivity contribution is -0.118. The van der Waals surface area contributed by atoms with Gasteiger partial charge in [0.2, 0.25) is 5.89 Å². The van der Waals surface area contributed by atoms with E-state index in [1.54, 1.807) is 36.4 Å². The van der Waals surface area contributed by atoms with Crippen LogP contribution in [-0.4, -0.2) is 17.5 Å². The van der Waals surface area contributed by atoms with Crippen LogP contribution in [0.4, 0.5) is 5.69 Å². The fourth-order valence-electron chi connectivity index (χ4n) is 2.91. The fraction of sp³-hybridized carbons (Fsp3) is 0.130. The van der Waals surface area contributed by atoms with Crippen molar-refractivity contribution < 1.29 is 13.9 Å². The van der Waals surface area contributed by atoms with Crippen LogP contribution in [0.3, 0.4) is 0 Å². The van der Waals surface area contributed by atoms with Crippen molar-refractivity contribution in [3.8, 4) is 17.2 Å². The van der Waals surface area contributed by atoms with E-state index in [1.807, 2.05) is 32.0 Å². The molecule has 5 nitrogen and oxygen atoms in total. The van der Waals surface area contributed by atoms with Crippen LogP contribution < -0.4 is 10.1 Å². The SMILES string of the molecule is Cc1cc(OCC(=O)Nc2ccc3oc(-c4ccc(C)c(Cl)c4)nc3c2)ccc1Cl. The van der Waals surface area contributed by atoms with Gasteiger partial charge < -0.3 is 14.5 Å². The Kier molecular flexibility index (Phi) is 5.66. The van der Waals surface area contributed by atoms with Gasteiger partial charge in [0, 0.05) is 21.3 Å². The highest BCUT2D eigenvalue weighted by atomic mass is 35.5.